The fourth-order valence-electron chi connectivity index (χ4n) is 1.21. The highest BCUT2D eigenvalue weighted by molar-refractivity contribution is 7.98. The first-order valence-corrected chi connectivity index (χ1v) is 5.87. The predicted molar refractivity (Wildman–Crippen MR) is 63.1 cm³/mol. The Balaban J connectivity index is 2.41. The van der Waals surface area contributed by atoms with Crippen LogP contribution in [0.25, 0.3) is 11.3 Å². The monoisotopic (exact) mass is 240 g/mol. The third kappa shape index (κ3) is 1.96. The smallest absolute Gasteiger partial charge is 0.187 e. The summed E-state index contributed by atoms with van der Waals surface area (Å²) < 4.78 is 5.04. The Morgan fingerprint density at radius 3 is 2.47 bits per heavy atom. The molecule has 0 fully saturated rings. The molecular weight excluding hydrogens is 232 g/mol. The molecule has 0 saturated carbocycles. The molecule has 0 radical (unpaired) electrons. The maximum atomic E-state index is 5.93. The number of halogens is 1. The molecule has 0 bridgehead atoms. The minimum atomic E-state index is 0.223. The zero-order valence-corrected chi connectivity index (χ0v) is 9.60. The van der Waals surface area contributed by atoms with Crippen LogP contribution < -0.4 is 5.73 Å². The molecule has 0 atom stereocenters. The molecule has 0 aliphatic carbocycles. The average Bonchev–Trinajstić information content (AvgIpc) is 2.60. The summed E-state index contributed by atoms with van der Waals surface area (Å²) in [4.78, 5) is 1.18. The van der Waals surface area contributed by atoms with Crippen molar-refractivity contribution in [3.05, 3.63) is 29.3 Å². The molecule has 5 heteroatoms. The lowest BCUT2D eigenvalue weighted by Gasteiger charge is -1.98. The second kappa shape index (κ2) is 4.16. The van der Waals surface area contributed by atoms with Gasteiger partial charge in [0.05, 0.1) is 0 Å². The fourth-order valence-corrected chi connectivity index (χ4v) is 1.80. The SMILES string of the molecule is CSc1ccc(-c2onc(N)c2Cl)cc1. The maximum Gasteiger partial charge on any atom is 0.187 e. The Kier molecular flexibility index (Phi) is 2.88. The number of nitrogens with two attached hydrogens (primary N) is 1. The number of nitrogens with zero attached hydrogens (tertiary/aromatic N) is 1. The van der Waals surface area contributed by atoms with Crippen molar-refractivity contribution in [3.8, 4) is 11.3 Å². The summed E-state index contributed by atoms with van der Waals surface area (Å²) >= 11 is 7.61. The van der Waals surface area contributed by atoms with Crippen molar-refractivity contribution in [2.45, 2.75) is 4.90 Å². The van der Waals surface area contributed by atoms with Gasteiger partial charge in [0.25, 0.3) is 0 Å². The van der Waals surface area contributed by atoms with Gasteiger partial charge in [-0.2, -0.15) is 0 Å². The second-order valence-corrected chi connectivity index (χ2v) is 4.20. The summed E-state index contributed by atoms with van der Waals surface area (Å²) in [5.41, 5.74) is 6.37. The molecule has 0 spiro atoms. The molecule has 0 unspecified atom stereocenters. The van der Waals surface area contributed by atoms with Gasteiger partial charge >= 0.3 is 0 Å². The van der Waals surface area contributed by atoms with Gasteiger partial charge in [0.1, 0.15) is 5.02 Å². The van der Waals surface area contributed by atoms with Gasteiger partial charge in [-0.1, -0.05) is 16.8 Å². The number of hydrogen-bond donors (Lipinski definition) is 1. The van der Waals surface area contributed by atoms with Gasteiger partial charge in [-0.25, -0.2) is 0 Å². The third-order valence-corrected chi connectivity index (χ3v) is 3.12. The van der Waals surface area contributed by atoms with Crippen LogP contribution in [0.1, 0.15) is 0 Å². The first-order chi connectivity index (χ1) is 7.22. The second-order valence-electron chi connectivity index (χ2n) is 2.94. The van der Waals surface area contributed by atoms with Gasteiger partial charge in [-0.3, -0.25) is 0 Å². The van der Waals surface area contributed by atoms with E-state index in [1.54, 1.807) is 11.8 Å². The Bertz CT molecular complexity index is 467. The molecular formula is C10H9ClN2OS. The predicted octanol–water partition coefficient (Wildman–Crippen LogP) is 3.30. The molecule has 2 aromatic rings. The highest BCUT2D eigenvalue weighted by atomic mass is 35.5. The first-order valence-electron chi connectivity index (χ1n) is 4.27. The largest absolute Gasteiger partial charge is 0.380 e. The molecule has 0 aliphatic heterocycles. The Hall–Kier alpha value is -1.13. The Labute approximate surface area is 96.6 Å². The number of aromatic nitrogens is 1. The van der Waals surface area contributed by atoms with Crippen LogP contribution in [-0.4, -0.2) is 11.4 Å². The van der Waals surface area contributed by atoms with Crippen LogP contribution in [0.5, 0.6) is 0 Å². The molecule has 0 aliphatic rings. The minimum absolute atomic E-state index is 0.223. The maximum absolute atomic E-state index is 5.93. The van der Waals surface area contributed by atoms with Gasteiger partial charge in [-0.15, -0.1) is 11.8 Å². The van der Waals surface area contributed by atoms with Crippen molar-refractivity contribution in [3.63, 3.8) is 0 Å². The van der Waals surface area contributed by atoms with Crippen LogP contribution in [0.15, 0.2) is 33.7 Å². The number of anilines is 1. The first kappa shape index (κ1) is 10.4. The van der Waals surface area contributed by atoms with E-state index >= 15 is 0 Å². The zero-order valence-electron chi connectivity index (χ0n) is 8.03. The van der Waals surface area contributed by atoms with Crippen molar-refractivity contribution < 1.29 is 4.52 Å². The van der Waals surface area contributed by atoms with E-state index in [4.69, 9.17) is 21.9 Å². The minimum Gasteiger partial charge on any atom is -0.380 e. The quantitative estimate of drug-likeness (QED) is 0.819. The van der Waals surface area contributed by atoms with Crippen LogP contribution in [0.2, 0.25) is 5.02 Å². The van der Waals surface area contributed by atoms with Gasteiger partial charge < -0.3 is 10.3 Å². The van der Waals surface area contributed by atoms with Crippen molar-refractivity contribution in [1.29, 1.82) is 0 Å². The van der Waals surface area contributed by atoms with E-state index in [0.717, 1.165) is 5.56 Å². The average molecular weight is 241 g/mol. The summed E-state index contributed by atoms with van der Waals surface area (Å²) in [6, 6.07) is 7.85. The number of benzene rings is 1. The Morgan fingerprint density at radius 2 is 2.00 bits per heavy atom. The molecule has 3 nitrogen and oxygen atoms in total. The normalized spacial score (nSPS) is 10.5. The summed E-state index contributed by atoms with van der Waals surface area (Å²) in [6.07, 6.45) is 2.02. The van der Waals surface area contributed by atoms with E-state index in [9.17, 15) is 0 Å². The van der Waals surface area contributed by atoms with Crippen molar-refractivity contribution in [1.82, 2.24) is 5.16 Å². The highest BCUT2D eigenvalue weighted by Crippen LogP contribution is 2.32. The number of thioether (sulfide) groups is 1. The van der Waals surface area contributed by atoms with Crippen LogP contribution in [0, 0.1) is 0 Å². The van der Waals surface area contributed by atoms with Crippen LogP contribution in [-0.2, 0) is 0 Å². The lowest BCUT2D eigenvalue weighted by molar-refractivity contribution is 0.436. The van der Waals surface area contributed by atoms with E-state index in [0.29, 0.717) is 10.8 Å². The van der Waals surface area contributed by atoms with E-state index in [-0.39, 0.29) is 5.82 Å². The summed E-state index contributed by atoms with van der Waals surface area (Å²) in [5, 5.41) is 3.97. The lowest BCUT2D eigenvalue weighted by Crippen LogP contribution is -1.83. The molecule has 1 aromatic heterocycles. The van der Waals surface area contributed by atoms with E-state index in [1.165, 1.54) is 4.90 Å². The standard InChI is InChI=1S/C10H9ClN2OS/c1-15-7-4-2-6(3-5-7)9-8(11)10(12)13-14-9/h2-5H,1H3,(H2,12,13). The summed E-state index contributed by atoms with van der Waals surface area (Å²) in [5.74, 6) is 0.738. The molecule has 1 heterocycles. The summed E-state index contributed by atoms with van der Waals surface area (Å²) in [6.45, 7) is 0. The molecule has 0 saturated heterocycles. The van der Waals surface area contributed by atoms with Gasteiger partial charge in [0.15, 0.2) is 11.6 Å². The fraction of sp³-hybridized carbons (Fsp3) is 0.100. The molecule has 1 aromatic carbocycles. The molecule has 2 N–H and O–H groups in total. The molecule has 78 valence electrons. The van der Waals surface area contributed by atoms with Crippen LogP contribution >= 0.6 is 23.4 Å². The number of hydrogen-bond acceptors (Lipinski definition) is 4. The van der Waals surface area contributed by atoms with E-state index in [1.807, 2.05) is 30.5 Å². The Morgan fingerprint density at radius 1 is 1.33 bits per heavy atom. The number of rotatable bonds is 2. The zero-order chi connectivity index (χ0) is 10.8. The molecule has 0 amide bonds. The van der Waals surface area contributed by atoms with Crippen molar-refractivity contribution in [2.75, 3.05) is 12.0 Å². The van der Waals surface area contributed by atoms with E-state index in [2.05, 4.69) is 5.16 Å². The van der Waals surface area contributed by atoms with Crippen molar-refractivity contribution >= 4 is 29.2 Å². The van der Waals surface area contributed by atoms with Crippen LogP contribution in [0.3, 0.4) is 0 Å². The summed E-state index contributed by atoms with van der Waals surface area (Å²) in [7, 11) is 0. The third-order valence-electron chi connectivity index (χ3n) is 2.01. The van der Waals surface area contributed by atoms with Crippen LogP contribution in [0.4, 0.5) is 5.82 Å². The van der Waals surface area contributed by atoms with Gasteiger partial charge in [0, 0.05) is 10.5 Å². The topological polar surface area (TPSA) is 52.0 Å². The lowest BCUT2D eigenvalue weighted by atomic mass is 10.2. The molecule has 2 rings (SSSR count). The number of nitrogen functional groups attached to an aromatic ring is 1. The van der Waals surface area contributed by atoms with Gasteiger partial charge in [-0.05, 0) is 30.5 Å². The molecule has 15 heavy (non-hydrogen) atoms. The van der Waals surface area contributed by atoms with E-state index < -0.39 is 0 Å². The van der Waals surface area contributed by atoms with Gasteiger partial charge in [0.2, 0.25) is 0 Å². The highest BCUT2D eigenvalue weighted by Gasteiger charge is 2.12. The van der Waals surface area contributed by atoms with Crippen molar-refractivity contribution in [2.24, 2.45) is 0 Å².